The Morgan fingerprint density at radius 1 is 1.26 bits per heavy atom. The maximum Gasteiger partial charge on any atom is 0.245 e. The molecule has 0 aliphatic rings. The Bertz CT molecular complexity index is 673. The minimum Gasteiger partial charge on any atom is -0.224 e. The average molecular weight is 330 g/mol. The number of hydrogen-bond acceptors (Lipinski definition) is 4. The minimum absolute atomic E-state index is 0.00751. The number of hydrogen-bond donors (Lipinski definition) is 0. The van der Waals surface area contributed by atoms with E-state index in [-0.39, 0.29) is 17.3 Å². The van der Waals surface area contributed by atoms with Gasteiger partial charge in [0.15, 0.2) is 9.84 Å². The number of sulfone groups is 1. The lowest BCUT2D eigenvalue weighted by molar-refractivity contribution is 0.478. The van der Waals surface area contributed by atoms with Gasteiger partial charge in [-0.1, -0.05) is 0 Å². The van der Waals surface area contributed by atoms with E-state index in [1.165, 1.54) is 7.05 Å². The highest BCUT2D eigenvalue weighted by Gasteiger charge is 2.25. The van der Waals surface area contributed by atoms with Crippen LogP contribution in [0.1, 0.15) is 0 Å². The zero-order valence-electron chi connectivity index (χ0n) is 10.3. The molecule has 5 nitrogen and oxygen atoms in total. The van der Waals surface area contributed by atoms with Crippen LogP contribution in [0.2, 0.25) is 0 Å². The van der Waals surface area contributed by atoms with E-state index in [0.717, 1.165) is 28.8 Å². The standard InChI is InChI=1S/C10H13ClFNO4S2/c1-13(6-5-11)19(16,17)10-7-8(18(2,14)15)3-4-9(10)12/h3-4,7H,5-6H2,1-2H3. The number of benzene rings is 1. The van der Waals surface area contributed by atoms with E-state index in [4.69, 9.17) is 11.6 Å². The molecular formula is C10H13ClFNO4S2. The lowest BCUT2D eigenvalue weighted by Crippen LogP contribution is -2.29. The van der Waals surface area contributed by atoms with Gasteiger partial charge in [0.1, 0.15) is 10.7 Å². The molecule has 0 aromatic heterocycles. The van der Waals surface area contributed by atoms with E-state index < -0.39 is 30.6 Å². The van der Waals surface area contributed by atoms with Gasteiger partial charge in [-0.15, -0.1) is 11.6 Å². The molecule has 1 aromatic rings. The van der Waals surface area contributed by atoms with Crippen LogP contribution in [-0.4, -0.2) is 46.9 Å². The zero-order chi connectivity index (χ0) is 14.8. The summed E-state index contributed by atoms with van der Waals surface area (Å²) in [6.45, 7) is -0.00751. The molecular weight excluding hydrogens is 317 g/mol. The van der Waals surface area contributed by atoms with Crippen molar-refractivity contribution < 1.29 is 21.2 Å². The van der Waals surface area contributed by atoms with Crippen molar-refractivity contribution >= 4 is 31.5 Å². The third kappa shape index (κ3) is 3.65. The first-order valence-electron chi connectivity index (χ1n) is 5.12. The van der Waals surface area contributed by atoms with Crippen LogP contribution in [0.15, 0.2) is 28.0 Å². The summed E-state index contributed by atoms with van der Waals surface area (Å²) in [5.74, 6) is -0.961. The predicted molar refractivity (Wildman–Crippen MR) is 70.0 cm³/mol. The Morgan fingerprint density at radius 2 is 1.84 bits per heavy atom. The van der Waals surface area contributed by atoms with Crippen LogP contribution in [-0.2, 0) is 19.9 Å². The van der Waals surface area contributed by atoms with Crippen LogP contribution in [0, 0.1) is 5.82 Å². The quantitative estimate of drug-likeness (QED) is 0.599. The van der Waals surface area contributed by atoms with Crippen LogP contribution < -0.4 is 0 Å². The van der Waals surface area contributed by atoms with Crippen molar-refractivity contribution in [2.75, 3.05) is 25.7 Å². The SMILES string of the molecule is CN(CCCl)S(=O)(=O)c1cc(S(C)(=O)=O)ccc1F. The van der Waals surface area contributed by atoms with E-state index in [1.54, 1.807) is 0 Å². The summed E-state index contributed by atoms with van der Waals surface area (Å²) in [5.41, 5.74) is 0. The summed E-state index contributed by atoms with van der Waals surface area (Å²) in [7, 11) is -6.48. The first kappa shape index (κ1) is 16.4. The smallest absolute Gasteiger partial charge is 0.224 e. The van der Waals surface area contributed by atoms with E-state index in [9.17, 15) is 21.2 Å². The second-order valence-corrected chi connectivity index (χ2v) is 8.29. The van der Waals surface area contributed by atoms with E-state index in [0.29, 0.717) is 0 Å². The summed E-state index contributed by atoms with van der Waals surface area (Å²) in [4.78, 5) is -0.935. The molecule has 0 unspecified atom stereocenters. The molecule has 0 amide bonds. The molecule has 1 rings (SSSR count). The van der Waals surface area contributed by atoms with Gasteiger partial charge >= 0.3 is 0 Å². The highest BCUT2D eigenvalue weighted by Crippen LogP contribution is 2.22. The van der Waals surface area contributed by atoms with Crippen molar-refractivity contribution in [1.82, 2.24) is 4.31 Å². The molecule has 0 radical (unpaired) electrons. The van der Waals surface area contributed by atoms with Crippen molar-refractivity contribution in [2.45, 2.75) is 9.79 Å². The van der Waals surface area contributed by atoms with Gasteiger partial charge in [0, 0.05) is 25.7 Å². The topological polar surface area (TPSA) is 71.5 Å². The second kappa shape index (κ2) is 5.74. The van der Waals surface area contributed by atoms with Crippen LogP contribution in [0.4, 0.5) is 4.39 Å². The molecule has 0 spiro atoms. The van der Waals surface area contributed by atoms with E-state index >= 15 is 0 Å². The van der Waals surface area contributed by atoms with Crippen molar-refractivity contribution in [3.8, 4) is 0 Å². The van der Waals surface area contributed by atoms with Gasteiger partial charge in [-0.3, -0.25) is 0 Å². The molecule has 0 saturated carbocycles. The first-order valence-corrected chi connectivity index (χ1v) is 8.99. The van der Waals surface area contributed by atoms with Gasteiger partial charge in [0.2, 0.25) is 10.0 Å². The minimum atomic E-state index is -4.11. The predicted octanol–water partition coefficient (Wildman–Crippen LogP) is 1.09. The fourth-order valence-electron chi connectivity index (χ4n) is 1.32. The molecule has 0 atom stereocenters. The van der Waals surface area contributed by atoms with Crippen LogP contribution in [0.25, 0.3) is 0 Å². The fraction of sp³-hybridized carbons (Fsp3) is 0.400. The molecule has 0 aliphatic heterocycles. The molecule has 9 heteroatoms. The monoisotopic (exact) mass is 329 g/mol. The normalized spacial score (nSPS) is 12.9. The van der Waals surface area contributed by atoms with Crippen molar-refractivity contribution in [3.63, 3.8) is 0 Å². The lowest BCUT2D eigenvalue weighted by Gasteiger charge is -2.16. The van der Waals surface area contributed by atoms with Crippen LogP contribution >= 0.6 is 11.6 Å². The molecule has 0 fully saturated rings. The van der Waals surface area contributed by atoms with E-state index in [2.05, 4.69) is 0 Å². The summed E-state index contributed by atoms with van der Waals surface area (Å²) in [5, 5.41) is 0. The third-order valence-corrected chi connectivity index (χ3v) is 5.57. The molecule has 1 aromatic carbocycles. The Balaban J connectivity index is 3.43. The van der Waals surface area contributed by atoms with Crippen molar-refractivity contribution in [3.05, 3.63) is 24.0 Å². The molecule has 0 bridgehead atoms. The number of sulfonamides is 1. The van der Waals surface area contributed by atoms with Crippen molar-refractivity contribution in [1.29, 1.82) is 0 Å². The van der Waals surface area contributed by atoms with Gasteiger partial charge in [0.05, 0.1) is 4.90 Å². The zero-order valence-corrected chi connectivity index (χ0v) is 12.7. The maximum atomic E-state index is 13.6. The molecule has 19 heavy (non-hydrogen) atoms. The van der Waals surface area contributed by atoms with Gasteiger partial charge in [-0.2, -0.15) is 4.31 Å². The number of nitrogens with zero attached hydrogens (tertiary/aromatic N) is 1. The number of halogens is 2. The van der Waals surface area contributed by atoms with Gasteiger partial charge in [0.25, 0.3) is 0 Å². The number of rotatable bonds is 5. The molecule has 0 heterocycles. The van der Waals surface area contributed by atoms with E-state index in [1.807, 2.05) is 0 Å². The average Bonchev–Trinajstić information content (AvgIpc) is 2.28. The molecule has 0 N–H and O–H groups in total. The van der Waals surface area contributed by atoms with Crippen molar-refractivity contribution in [2.24, 2.45) is 0 Å². The van der Waals surface area contributed by atoms with Gasteiger partial charge in [-0.05, 0) is 18.2 Å². The summed E-state index contributed by atoms with van der Waals surface area (Å²) < 4.78 is 61.3. The summed E-state index contributed by atoms with van der Waals surface area (Å²) >= 11 is 5.44. The Hall–Kier alpha value is -0.700. The highest BCUT2D eigenvalue weighted by molar-refractivity contribution is 7.91. The fourth-order valence-corrected chi connectivity index (χ4v) is 3.65. The molecule has 108 valence electrons. The largest absolute Gasteiger partial charge is 0.245 e. The second-order valence-electron chi connectivity index (χ2n) is 3.88. The first-order chi connectivity index (χ1) is 8.60. The lowest BCUT2D eigenvalue weighted by atomic mass is 10.3. The maximum absolute atomic E-state index is 13.6. The van der Waals surface area contributed by atoms with Crippen LogP contribution in [0.3, 0.4) is 0 Å². The van der Waals surface area contributed by atoms with Gasteiger partial charge in [-0.25, -0.2) is 21.2 Å². The van der Waals surface area contributed by atoms with Crippen LogP contribution in [0.5, 0.6) is 0 Å². The summed E-state index contributed by atoms with van der Waals surface area (Å²) in [6, 6.07) is 2.65. The molecule has 0 saturated heterocycles. The molecule has 0 aliphatic carbocycles. The van der Waals surface area contributed by atoms with Gasteiger partial charge < -0.3 is 0 Å². The Morgan fingerprint density at radius 3 is 2.32 bits per heavy atom. The Kier molecular flexibility index (Phi) is 4.94. The summed E-state index contributed by atoms with van der Waals surface area (Å²) in [6.07, 6.45) is 0.916. The third-order valence-electron chi connectivity index (χ3n) is 2.42. The number of alkyl halides is 1. The highest BCUT2D eigenvalue weighted by atomic mass is 35.5. The Labute approximate surface area is 117 Å².